The molecule has 1 saturated heterocycles. The van der Waals surface area contributed by atoms with Gasteiger partial charge in [0.1, 0.15) is 5.82 Å². The van der Waals surface area contributed by atoms with Crippen molar-refractivity contribution >= 4 is 23.5 Å². The number of halogens is 2. The van der Waals surface area contributed by atoms with E-state index in [4.69, 9.17) is 11.6 Å². The van der Waals surface area contributed by atoms with Crippen molar-refractivity contribution in [3.05, 3.63) is 34.6 Å². The van der Waals surface area contributed by atoms with Gasteiger partial charge in [0.25, 0.3) is 0 Å². The molecule has 1 heterocycles. The van der Waals surface area contributed by atoms with Crippen LogP contribution in [-0.4, -0.2) is 36.5 Å². The van der Waals surface area contributed by atoms with Crippen LogP contribution in [0, 0.1) is 5.82 Å². The first-order valence-corrected chi connectivity index (χ1v) is 6.98. The third-order valence-corrected chi connectivity index (χ3v) is 3.76. The van der Waals surface area contributed by atoms with Gasteiger partial charge >= 0.3 is 6.03 Å². The largest absolute Gasteiger partial charge is 0.336 e. The fraction of sp³-hybridized carbons (Fsp3) is 0.429. The van der Waals surface area contributed by atoms with E-state index in [9.17, 15) is 14.0 Å². The van der Waals surface area contributed by atoms with Gasteiger partial charge in [0.05, 0.1) is 11.6 Å². The smallest absolute Gasteiger partial charge is 0.324 e. The molecular weight excluding hydrogens is 297 g/mol. The van der Waals surface area contributed by atoms with Gasteiger partial charge in [-0.3, -0.25) is 15.0 Å². The van der Waals surface area contributed by atoms with Crippen LogP contribution in [0.1, 0.15) is 19.4 Å². The van der Waals surface area contributed by atoms with Gasteiger partial charge in [0.15, 0.2) is 0 Å². The molecule has 0 bridgehead atoms. The first-order chi connectivity index (χ1) is 9.83. The average molecular weight is 314 g/mol. The third-order valence-electron chi connectivity index (χ3n) is 3.46. The van der Waals surface area contributed by atoms with Crippen molar-refractivity contribution in [1.82, 2.24) is 15.5 Å². The Morgan fingerprint density at radius 2 is 2.24 bits per heavy atom. The summed E-state index contributed by atoms with van der Waals surface area (Å²) in [4.78, 5) is 24.5. The Hall–Kier alpha value is -1.66. The van der Waals surface area contributed by atoms with Gasteiger partial charge in [-0.25, -0.2) is 9.18 Å². The molecule has 21 heavy (non-hydrogen) atoms. The van der Waals surface area contributed by atoms with Crippen LogP contribution in [0.5, 0.6) is 0 Å². The standard InChI is InChI=1S/C14H17ClFN3O2/c1-14(2,9-4-3-5-10(15)12(9)16)18-8-11(20)19-7-6-17-13(19)21/h3-5,18H,6-8H2,1-2H3,(H,17,21). The normalized spacial score (nSPS) is 15.2. The molecule has 1 aliphatic rings. The maximum Gasteiger partial charge on any atom is 0.324 e. The number of hydrogen-bond acceptors (Lipinski definition) is 3. The number of hydrogen-bond donors (Lipinski definition) is 2. The molecule has 1 aromatic carbocycles. The van der Waals surface area contributed by atoms with Crippen LogP contribution >= 0.6 is 11.6 Å². The Labute approximate surface area is 127 Å². The van der Waals surface area contributed by atoms with Crippen LogP contribution in [0.15, 0.2) is 18.2 Å². The lowest BCUT2D eigenvalue weighted by Crippen LogP contribution is -2.46. The molecule has 0 unspecified atom stereocenters. The zero-order chi connectivity index (χ0) is 15.6. The Morgan fingerprint density at radius 3 is 2.86 bits per heavy atom. The van der Waals surface area contributed by atoms with Gasteiger partial charge in [0, 0.05) is 24.2 Å². The third kappa shape index (κ3) is 3.33. The Balaban J connectivity index is 2.05. The minimum atomic E-state index is -0.791. The first kappa shape index (κ1) is 15.7. The Bertz CT molecular complexity index is 577. The van der Waals surface area contributed by atoms with Crippen LogP contribution in [-0.2, 0) is 10.3 Å². The topological polar surface area (TPSA) is 61.4 Å². The van der Waals surface area contributed by atoms with E-state index in [0.717, 1.165) is 4.90 Å². The van der Waals surface area contributed by atoms with E-state index in [1.165, 1.54) is 6.07 Å². The second-order valence-electron chi connectivity index (χ2n) is 5.36. The minimum absolute atomic E-state index is 0.0348. The van der Waals surface area contributed by atoms with Crippen molar-refractivity contribution in [3.8, 4) is 0 Å². The van der Waals surface area contributed by atoms with E-state index in [0.29, 0.717) is 18.7 Å². The summed E-state index contributed by atoms with van der Waals surface area (Å²) in [6.07, 6.45) is 0. The summed E-state index contributed by atoms with van der Waals surface area (Å²) in [6.45, 7) is 4.24. The molecule has 3 amide bonds. The number of rotatable bonds is 4. The van der Waals surface area contributed by atoms with E-state index in [1.807, 2.05) is 0 Å². The highest BCUT2D eigenvalue weighted by Crippen LogP contribution is 2.27. The van der Waals surface area contributed by atoms with Crippen LogP contribution in [0.25, 0.3) is 0 Å². The Kier molecular flexibility index (Phi) is 4.49. The van der Waals surface area contributed by atoms with Crippen molar-refractivity contribution in [3.63, 3.8) is 0 Å². The van der Waals surface area contributed by atoms with Gasteiger partial charge < -0.3 is 5.32 Å². The van der Waals surface area contributed by atoms with Gasteiger partial charge in [-0.2, -0.15) is 0 Å². The number of benzene rings is 1. The molecule has 0 spiro atoms. The molecular formula is C14H17ClFN3O2. The monoisotopic (exact) mass is 313 g/mol. The first-order valence-electron chi connectivity index (χ1n) is 6.60. The second kappa shape index (κ2) is 5.99. The molecule has 0 saturated carbocycles. The number of nitrogens with one attached hydrogen (secondary N) is 2. The number of nitrogens with zero attached hydrogens (tertiary/aromatic N) is 1. The molecule has 2 rings (SSSR count). The molecule has 1 aromatic rings. The molecule has 0 atom stereocenters. The SMILES string of the molecule is CC(C)(NCC(=O)N1CCNC1=O)c1cccc(Cl)c1F. The summed E-state index contributed by atoms with van der Waals surface area (Å²) in [5, 5.41) is 5.56. The van der Waals surface area contributed by atoms with E-state index in [-0.39, 0.29) is 17.5 Å². The highest BCUT2D eigenvalue weighted by Gasteiger charge is 2.29. The minimum Gasteiger partial charge on any atom is -0.336 e. The molecule has 114 valence electrons. The summed E-state index contributed by atoms with van der Waals surface area (Å²) in [5.41, 5.74) is -0.422. The predicted octanol–water partition coefficient (Wildman–Crippen LogP) is 1.86. The maximum atomic E-state index is 14.1. The van der Waals surface area contributed by atoms with Crippen molar-refractivity contribution in [2.45, 2.75) is 19.4 Å². The summed E-state index contributed by atoms with van der Waals surface area (Å²) >= 11 is 5.77. The van der Waals surface area contributed by atoms with Gasteiger partial charge in [-0.1, -0.05) is 23.7 Å². The number of amides is 3. The zero-order valence-electron chi connectivity index (χ0n) is 11.9. The summed E-state index contributed by atoms with van der Waals surface area (Å²) in [5.74, 6) is -0.858. The average Bonchev–Trinajstić information content (AvgIpc) is 2.85. The van der Waals surface area contributed by atoms with Crippen molar-refractivity contribution < 1.29 is 14.0 Å². The lowest BCUT2D eigenvalue weighted by Gasteiger charge is -2.28. The fourth-order valence-electron chi connectivity index (χ4n) is 2.18. The number of carbonyl (C=O) groups excluding carboxylic acids is 2. The molecule has 1 fully saturated rings. The highest BCUT2D eigenvalue weighted by atomic mass is 35.5. The van der Waals surface area contributed by atoms with E-state index in [1.54, 1.807) is 26.0 Å². The fourth-order valence-corrected chi connectivity index (χ4v) is 2.36. The van der Waals surface area contributed by atoms with Crippen LogP contribution < -0.4 is 10.6 Å². The molecule has 5 nitrogen and oxygen atoms in total. The zero-order valence-corrected chi connectivity index (χ0v) is 12.6. The molecule has 7 heteroatoms. The predicted molar refractivity (Wildman–Crippen MR) is 77.6 cm³/mol. The summed E-state index contributed by atoms with van der Waals surface area (Å²) in [7, 11) is 0. The van der Waals surface area contributed by atoms with Gasteiger partial charge in [-0.05, 0) is 19.9 Å². The lowest BCUT2D eigenvalue weighted by molar-refractivity contribution is -0.127. The summed E-state index contributed by atoms with van der Waals surface area (Å²) < 4.78 is 14.1. The highest BCUT2D eigenvalue weighted by molar-refractivity contribution is 6.30. The lowest BCUT2D eigenvalue weighted by atomic mass is 9.93. The molecule has 0 radical (unpaired) electrons. The maximum absolute atomic E-state index is 14.1. The number of carbonyl (C=O) groups is 2. The van der Waals surface area contributed by atoms with Crippen molar-refractivity contribution in [1.29, 1.82) is 0 Å². The van der Waals surface area contributed by atoms with Crippen LogP contribution in [0.2, 0.25) is 5.02 Å². The molecule has 2 N–H and O–H groups in total. The summed E-state index contributed by atoms with van der Waals surface area (Å²) in [6, 6.07) is 4.34. The van der Waals surface area contributed by atoms with E-state index in [2.05, 4.69) is 10.6 Å². The van der Waals surface area contributed by atoms with E-state index >= 15 is 0 Å². The van der Waals surface area contributed by atoms with E-state index < -0.39 is 17.4 Å². The molecule has 0 aromatic heterocycles. The molecule has 1 aliphatic heterocycles. The van der Waals surface area contributed by atoms with Crippen LogP contribution in [0.4, 0.5) is 9.18 Å². The van der Waals surface area contributed by atoms with Crippen molar-refractivity contribution in [2.24, 2.45) is 0 Å². The number of urea groups is 1. The second-order valence-corrected chi connectivity index (χ2v) is 5.76. The van der Waals surface area contributed by atoms with Gasteiger partial charge in [-0.15, -0.1) is 0 Å². The van der Waals surface area contributed by atoms with Crippen LogP contribution in [0.3, 0.4) is 0 Å². The van der Waals surface area contributed by atoms with Crippen molar-refractivity contribution in [2.75, 3.05) is 19.6 Å². The quantitative estimate of drug-likeness (QED) is 0.892. The van der Waals surface area contributed by atoms with Gasteiger partial charge in [0.2, 0.25) is 5.91 Å². The molecule has 0 aliphatic carbocycles. The number of imide groups is 1. The Morgan fingerprint density at radius 1 is 1.52 bits per heavy atom.